The molecule has 0 spiro atoms. The third-order valence-electron chi connectivity index (χ3n) is 3.94. The fourth-order valence-electron chi connectivity index (χ4n) is 2.61. The molecule has 0 atom stereocenters. The topological polar surface area (TPSA) is 23.5 Å². The lowest BCUT2D eigenvalue weighted by Gasteiger charge is -2.21. The molecule has 0 fully saturated rings. The first kappa shape index (κ1) is 17.0. The molecule has 0 radical (unpaired) electrons. The summed E-state index contributed by atoms with van der Waals surface area (Å²) in [4.78, 5) is 2.38. The molecule has 0 aliphatic heterocycles. The molecule has 0 aliphatic rings. The van der Waals surface area contributed by atoms with Gasteiger partial charge in [0.2, 0.25) is 0 Å². The lowest BCUT2D eigenvalue weighted by atomic mass is 10.0. The number of anilines is 1. The van der Waals surface area contributed by atoms with E-state index in [1.54, 1.807) is 0 Å². The van der Waals surface area contributed by atoms with Crippen LogP contribution >= 0.6 is 0 Å². The van der Waals surface area contributed by atoms with Crippen LogP contribution < -0.4 is 4.90 Å². The summed E-state index contributed by atoms with van der Waals surface area (Å²) < 4.78 is 0. The van der Waals surface area contributed by atoms with Gasteiger partial charge in [-0.05, 0) is 50.8 Å². The molecule has 0 bridgehead atoms. The van der Waals surface area contributed by atoms with Gasteiger partial charge in [-0.3, -0.25) is 0 Å². The predicted octanol–water partition coefficient (Wildman–Crippen LogP) is 4.41. The summed E-state index contributed by atoms with van der Waals surface area (Å²) in [5.41, 5.74) is 2.79. The Bertz CT molecular complexity index is 330. The summed E-state index contributed by atoms with van der Waals surface area (Å²) in [7, 11) is 0. The molecule has 20 heavy (non-hydrogen) atoms. The minimum Gasteiger partial charge on any atom is -0.396 e. The van der Waals surface area contributed by atoms with Gasteiger partial charge in [-0.25, -0.2) is 0 Å². The van der Waals surface area contributed by atoms with E-state index in [4.69, 9.17) is 5.11 Å². The molecule has 2 heteroatoms. The van der Waals surface area contributed by atoms with Crippen LogP contribution in [0.3, 0.4) is 0 Å². The second-order valence-electron chi connectivity index (χ2n) is 5.43. The molecule has 0 saturated carbocycles. The Morgan fingerprint density at radius 2 is 1.35 bits per heavy atom. The normalized spacial score (nSPS) is 10.8. The Morgan fingerprint density at radius 3 is 1.90 bits per heavy atom. The van der Waals surface area contributed by atoms with Gasteiger partial charge in [0.15, 0.2) is 0 Å². The van der Waals surface area contributed by atoms with E-state index in [1.807, 2.05) is 0 Å². The lowest BCUT2D eigenvalue weighted by molar-refractivity contribution is 0.282. The van der Waals surface area contributed by atoms with E-state index < -0.39 is 0 Å². The number of rotatable bonds is 11. The van der Waals surface area contributed by atoms with Gasteiger partial charge in [0.1, 0.15) is 0 Å². The monoisotopic (exact) mass is 277 g/mol. The van der Waals surface area contributed by atoms with Crippen molar-refractivity contribution in [2.24, 2.45) is 0 Å². The molecule has 114 valence electrons. The van der Waals surface area contributed by atoms with Crippen LogP contribution in [-0.2, 0) is 6.42 Å². The van der Waals surface area contributed by atoms with Crippen LogP contribution in [-0.4, -0.2) is 24.8 Å². The highest BCUT2D eigenvalue weighted by molar-refractivity contribution is 5.47. The van der Waals surface area contributed by atoms with E-state index in [0.717, 1.165) is 19.5 Å². The Kier molecular flexibility index (Phi) is 9.14. The Hall–Kier alpha value is -1.02. The number of aryl methyl sites for hydroxylation is 1. The molecular formula is C18H31NO. The molecule has 0 unspecified atom stereocenters. The number of hydrogen-bond donors (Lipinski definition) is 1. The fraction of sp³-hybridized carbons (Fsp3) is 0.667. The Morgan fingerprint density at radius 1 is 0.800 bits per heavy atom. The van der Waals surface area contributed by atoms with Crippen molar-refractivity contribution < 1.29 is 5.11 Å². The smallest absolute Gasteiger partial charge is 0.0431 e. The van der Waals surface area contributed by atoms with E-state index in [9.17, 15) is 0 Å². The molecule has 1 rings (SSSR count). The first-order valence-corrected chi connectivity index (χ1v) is 8.26. The van der Waals surface area contributed by atoms with Crippen molar-refractivity contribution in [1.82, 2.24) is 0 Å². The molecule has 0 amide bonds. The number of unbranched alkanes of at least 4 members (excludes halogenated alkanes) is 5. The second-order valence-corrected chi connectivity index (χ2v) is 5.43. The van der Waals surface area contributed by atoms with Crippen LogP contribution in [0.25, 0.3) is 0 Å². The van der Waals surface area contributed by atoms with Crippen LogP contribution in [0, 0.1) is 0 Å². The zero-order valence-electron chi connectivity index (χ0n) is 13.3. The number of nitrogens with zero attached hydrogens (tertiary/aromatic N) is 1. The first-order chi connectivity index (χ1) is 9.81. The largest absolute Gasteiger partial charge is 0.396 e. The van der Waals surface area contributed by atoms with Gasteiger partial charge in [-0.2, -0.15) is 0 Å². The van der Waals surface area contributed by atoms with Crippen molar-refractivity contribution in [1.29, 1.82) is 0 Å². The lowest BCUT2D eigenvalue weighted by Crippen LogP contribution is -2.21. The SMILES string of the molecule is CCN(CC)c1ccc(CCCCCCCCO)cc1. The minimum atomic E-state index is 0.346. The molecule has 0 heterocycles. The molecule has 1 aromatic carbocycles. The van der Waals surface area contributed by atoms with Crippen LogP contribution in [0.2, 0.25) is 0 Å². The number of benzene rings is 1. The van der Waals surface area contributed by atoms with Crippen LogP contribution in [0.15, 0.2) is 24.3 Å². The van der Waals surface area contributed by atoms with Crippen LogP contribution in [0.1, 0.15) is 57.9 Å². The van der Waals surface area contributed by atoms with E-state index in [0.29, 0.717) is 6.61 Å². The summed E-state index contributed by atoms with van der Waals surface area (Å²) in [5, 5.41) is 8.71. The van der Waals surface area contributed by atoms with Crippen molar-refractivity contribution in [3.05, 3.63) is 29.8 Å². The summed E-state index contributed by atoms with van der Waals surface area (Å²) in [6, 6.07) is 9.06. The van der Waals surface area contributed by atoms with Gasteiger partial charge < -0.3 is 10.0 Å². The van der Waals surface area contributed by atoms with Gasteiger partial charge in [0.05, 0.1) is 0 Å². The molecule has 0 aliphatic carbocycles. The van der Waals surface area contributed by atoms with E-state index in [1.165, 1.54) is 49.8 Å². The van der Waals surface area contributed by atoms with Gasteiger partial charge in [-0.15, -0.1) is 0 Å². The van der Waals surface area contributed by atoms with Crippen LogP contribution in [0.5, 0.6) is 0 Å². The third kappa shape index (κ3) is 6.42. The highest BCUT2D eigenvalue weighted by Crippen LogP contribution is 2.16. The molecule has 2 nitrogen and oxygen atoms in total. The molecule has 0 saturated heterocycles. The Labute approximate surface area is 124 Å². The Balaban J connectivity index is 2.21. The maximum atomic E-state index is 8.71. The van der Waals surface area contributed by atoms with E-state index >= 15 is 0 Å². The molecule has 1 aromatic rings. The zero-order valence-corrected chi connectivity index (χ0v) is 13.3. The summed E-state index contributed by atoms with van der Waals surface area (Å²) in [6.07, 6.45) is 8.49. The molecule has 0 aromatic heterocycles. The highest BCUT2D eigenvalue weighted by atomic mass is 16.2. The second kappa shape index (κ2) is 10.7. The highest BCUT2D eigenvalue weighted by Gasteiger charge is 2.01. The van der Waals surface area contributed by atoms with Crippen molar-refractivity contribution in [2.75, 3.05) is 24.6 Å². The maximum absolute atomic E-state index is 8.71. The average molecular weight is 277 g/mol. The van der Waals surface area contributed by atoms with Gasteiger partial charge in [0.25, 0.3) is 0 Å². The van der Waals surface area contributed by atoms with Crippen LogP contribution in [0.4, 0.5) is 5.69 Å². The third-order valence-corrected chi connectivity index (χ3v) is 3.94. The number of aliphatic hydroxyl groups is 1. The number of hydrogen-bond acceptors (Lipinski definition) is 2. The van der Waals surface area contributed by atoms with Gasteiger partial charge in [-0.1, -0.05) is 37.8 Å². The predicted molar refractivity (Wildman–Crippen MR) is 88.5 cm³/mol. The quantitative estimate of drug-likeness (QED) is 0.606. The van der Waals surface area contributed by atoms with Crippen molar-refractivity contribution in [2.45, 2.75) is 58.8 Å². The van der Waals surface area contributed by atoms with E-state index in [2.05, 4.69) is 43.0 Å². The molecule has 1 N–H and O–H groups in total. The summed E-state index contributed by atoms with van der Waals surface area (Å²) in [6.45, 7) is 6.90. The molecular weight excluding hydrogens is 246 g/mol. The summed E-state index contributed by atoms with van der Waals surface area (Å²) >= 11 is 0. The van der Waals surface area contributed by atoms with Crippen molar-refractivity contribution in [3.8, 4) is 0 Å². The average Bonchev–Trinajstić information content (AvgIpc) is 2.49. The summed E-state index contributed by atoms with van der Waals surface area (Å²) in [5.74, 6) is 0. The standard InChI is InChI=1S/C18H31NO/c1-3-19(4-2)18-14-12-17(13-15-18)11-9-7-5-6-8-10-16-20/h12-15,20H,3-11,16H2,1-2H3. The van der Waals surface area contributed by atoms with Gasteiger partial charge in [0, 0.05) is 25.4 Å². The number of aliphatic hydroxyl groups excluding tert-OH is 1. The maximum Gasteiger partial charge on any atom is 0.0431 e. The van der Waals surface area contributed by atoms with Crippen molar-refractivity contribution >= 4 is 5.69 Å². The minimum absolute atomic E-state index is 0.346. The zero-order chi connectivity index (χ0) is 14.6. The first-order valence-electron chi connectivity index (χ1n) is 8.26. The van der Waals surface area contributed by atoms with E-state index in [-0.39, 0.29) is 0 Å². The van der Waals surface area contributed by atoms with Crippen molar-refractivity contribution in [3.63, 3.8) is 0 Å². The van der Waals surface area contributed by atoms with Gasteiger partial charge >= 0.3 is 0 Å². The fourth-order valence-corrected chi connectivity index (χ4v) is 2.61.